The Morgan fingerprint density at radius 1 is 1.86 bits per heavy atom. The fourth-order valence-corrected chi connectivity index (χ4v) is 0.528. The normalized spacial score (nSPS) is 9.29. The molecule has 7 heavy (non-hydrogen) atoms. The van der Waals surface area contributed by atoms with E-state index in [9.17, 15) is 0 Å². The van der Waals surface area contributed by atoms with Crippen LogP contribution in [0.4, 0.5) is 0 Å². The number of nitrogens with two attached hydrogens (primary N) is 1. The summed E-state index contributed by atoms with van der Waals surface area (Å²) in [5, 5.41) is 3.61. The lowest BCUT2D eigenvalue weighted by Crippen LogP contribution is -2.07. The van der Waals surface area contributed by atoms with E-state index in [4.69, 9.17) is 5.84 Å². The zero-order valence-electron chi connectivity index (χ0n) is 3.37. The SMILES string of the molecule is Nn1cnc(Br)n1. The van der Waals surface area contributed by atoms with Crippen molar-refractivity contribution in [2.45, 2.75) is 0 Å². The molecule has 0 spiro atoms. The van der Waals surface area contributed by atoms with Gasteiger partial charge in [-0.3, -0.25) is 0 Å². The molecule has 0 radical (unpaired) electrons. The van der Waals surface area contributed by atoms with Crippen molar-refractivity contribution in [2.24, 2.45) is 0 Å². The Bertz CT molecular complexity index is 142. The van der Waals surface area contributed by atoms with Crippen LogP contribution in [0.15, 0.2) is 11.1 Å². The van der Waals surface area contributed by atoms with E-state index >= 15 is 0 Å². The number of nitrogen functional groups attached to an aromatic ring is 1. The standard InChI is InChI=1S/C2H3BrN4/c3-2-5-1-7(4)6-2/h1H,4H2. The third-order valence-electron chi connectivity index (χ3n) is 0.481. The van der Waals surface area contributed by atoms with E-state index in [1.807, 2.05) is 0 Å². The lowest BCUT2D eigenvalue weighted by molar-refractivity contribution is 0.822. The van der Waals surface area contributed by atoms with Crippen LogP contribution in [0, 0.1) is 0 Å². The van der Waals surface area contributed by atoms with Gasteiger partial charge in [0.1, 0.15) is 6.33 Å². The van der Waals surface area contributed by atoms with Gasteiger partial charge in [-0.1, -0.05) is 0 Å². The molecule has 0 aliphatic heterocycles. The maximum atomic E-state index is 5.09. The predicted octanol–water partition coefficient (Wildman–Crippen LogP) is -0.246. The van der Waals surface area contributed by atoms with Gasteiger partial charge in [-0.05, 0) is 15.9 Å². The Hall–Kier alpha value is -0.580. The minimum Gasteiger partial charge on any atom is -0.322 e. The van der Waals surface area contributed by atoms with Gasteiger partial charge in [-0.25, -0.2) is 4.98 Å². The summed E-state index contributed by atoms with van der Waals surface area (Å²) in [6.45, 7) is 0. The molecule has 0 amide bonds. The summed E-state index contributed by atoms with van der Waals surface area (Å²) >= 11 is 3.01. The number of nitrogens with zero attached hydrogens (tertiary/aromatic N) is 3. The van der Waals surface area contributed by atoms with Gasteiger partial charge < -0.3 is 5.84 Å². The molecule has 5 heteroatoms. The summed E-state index contributed by atoms with van der Waals surface area (Å²) in [6, 6.07) is 0. The number of hydrogen-bond donors (Lipinski definition) is 1. The Morgan fingerprint density at radius 3 is 2.71 bits per heavy atom. The molecule has 1 aromatic heterocycles. The summed E-state index contributed by atoms with van der Waals surface area (Å²) in [5.41, 5.74) is 0. The summed E-state index contributed by atoms with van der Waals surface area (Å²) in [6.07, 6.45) is 1.41. The van der Waals surface area contributed by atoms with Gasteiger partial charge >= 0.3 is 0 Å². The van der Waals surface area contributed by atoms with Crippen LogP contribution in [0.5, 0.6) is 0 Å². The molecule has 1 rings (SSSR count). The highest BCUT2D eigenvalue weighted by Gasteiger charge is 1.86. The molecule has 0 saturated heterocycles. The second kappa shape index (κ2) is 1.49. The van der Waals surface area contributed by atoms with Gasteiger partial charge in [0.25, 0.3) is 0 Å². The summed E-state index contributed by atoms with van der Waals surface area (Å²) < 4.78 is 0.509. The topological polar surface area (TPSA) is 56.7 Å². The Labute approximate surface area is 48.4 Å². The molecule has 0 fully saturated rings. The summed E-state index contributed by atoms with van der Waals surface area (Å²) in [5.74, 6) is 5.09. The lowest BCUT2D eigenvalue weighted by atomic mass is 11.3. The number of halogens is 1. The number of rotatable bonds is 0. The minimum atomic E-state index is 0.509. The quantitative estimate of drug-likeness (QED) is 0.536. The van der Waals surface area contributed by atoms with Crippen LogP contribution in [0.2, 0.25) is 0 Å². The highest BCUT2D eigenvalue weighted by molar-refractivity contribution is 9.10. The average Bonchev–Trinajstić information content (AvgIpc) is 1.87. The molecule has 38 valence electrons. The van der Waals surface area contributed by atoms with E-state index < -0.39 is 0 Å². The first-order valence-corrected chi connectivity index (χ1v) is 2.40. The van der Waals surface area contributed by atoms with Gasteiger partial charge in [0.2, 0.25) is 4.73 Å². The van der Waals surface area contributed by atoms with Crippen LogP contribution in [-0.4, -0.2) is 14.9 Å². The van der Waals surface area contributed by atoms with Crippen LogP contribution >= 0.6 is 15.9 Å². The van der Waals surface area contributed by atoms with Crippen molar-refractivity contribution >= 4 is 15.9 Å². The molecule has 4 nitrogen and oxygen atoms in total. The van der Waals surface area contributed by atoms with Gasteiger partial charge in [0.15, 0.2) is 0 Å². The van der Waals surface area contributed by atoms with Gasteiger partial charge in [0, 0.05) is 0 Å². The second-order valence-corrected chi connectivity index (χ2v) is 1.70. The van der Waals surface area contributed by atoms with Crippen LogP contribution in [-0.2, 0) is 0 Å². The Morgan fingerprint density at radius 2 is 2.57 bits per heavy atom. The minimum absolute atomic E-state index is 0.509. The first-order valence-electron chi connectivity index (χ1n) is 1.61. The molecule has 1 aromatic rings. The maximum Gasteiger partial charge on any atom is 0.219 e. The van der Waals surface area contributed by atoms with Gasteiger partial charge in [-0.2, -0.15) is 4.79 Å². The molecule has 0 unspecified atom stereocenters. The van der Waals surface area contributed by atoms with E-state index in [1.165, 1.54) is 6.33 Å². The molecule has 0 aromatic carbocycles. The van der Waals surface area contributed by atoms with Crippen molar-refractivity contribution < 1.29 is 0 Å². The van der Waals surface area contributed by atoms with E-state index in [1.54, 1.807) is 0 Å². The zero-order valence-corrected chi connectivity index (χ0v) is 4.96. The predicted molar refractivity (Wildman–Crippen MR) is 27.9 cm³/mol. The van der Waals surface area contributed by atoms with Crippen molar-refractivity contribution in [2.75, 3.05) is 5.84 Å². The summed E-state index contributed by atoms with van der Waals surface area (Å²) in [7, 11) is 0. The van der Waals surface area contributed by atoms with Crippen LogP contribution in [0.1, 0.15) is 0 Å². The fourth-order valence-electron chi connectivity index (χ4n) is 0.254. The van der Waals surface area contributed by atoms with Crippen molar-refractivity contribution in [3.8, 4) is 0 Å². The smallest absolute Gasteiger partial charge is 0.219 e. The molecular weight excluding hydrogens is 160 g/mol. The lowest BCUT2D eigenvalue weighted by Gasteiger charge is -1.77. The molecule has 0 bridgehead atoms. The Balaban J connectivity index is 3.04. The molecule has 1 heterocycles. The largest absolute Gasteiger partial charge is 0.322 e. The van der Waals surface area contributed by atoms with Crippen molar-refractivity contribution in [3.63, 3.8) is 0 Å². The van der Waals surface area contributed by atoms with E-state index in [0.29, 0.717) is 4.73 Å². The van der Waals surface area contributed by atoms with Gasteiger partial charge in [-0.15, -0.1) is 5.10 Å². The van der Waals surface area contributed by atoms with Gasteiger partial charge in [0.05, 0.1) is 0 Å². The highest BCUT2D eigenvalue weighted by Crippen LogP contribution is 1.94. The molecule has 0 aliphatic rings. The van der Waals surface area contributed by atoms with Crippen LogP contribution in [0.25, 0.3) is 0 Å². The first-order chi connectivity index (χ1) is 3.29. The third-order valence-corrected chi connectivity index (χ3v) is 0.844. The first kappa shape index (κ1) is 4.58. The molecule has 0 atom stereocenters. The van der Waals surface area contributed by atoms with E-state index in [-0.39, 0.29) is 0 Å². The van der Waals surface area contributed by atoms with Crippen molar-refractivity contribution in [1.82, 2.24) is 14.9 Å². The number of aromatic nitrogens is 3. The van der Waals surface area contributed by atoms with E-state index in [2.05, 4.69) is 26.0 Å². The van der Waals surface area contributed by atoms with Crippen LogP contribution < -0.4 is 5.84 Å². The van der Waals surface area contributed by atoms with Crippen LogP contribution in [0.3, 0.4) is 0 Å². The molecule has 0 aliphatic carbocycles. The second-order valence-electron chi connectivity index (χ2n) is 0.994. The zero-order chi connectivity index (χ0) is 5.28. The molecule has 0 saturated carbocycles. The Kier molecular flexibility index (Phi) is 0.976. The fraction of sp³-hybridized carbons (Fsp3) is 0. The van der Waals surface area contributed by atoms with Crippen molar-refractivity contribution in [3.05, 3.63) is 11.1 Å². The number of hydrogen-bond acceptors (Lipinski definition) is 3. The maximum absolute atomic E-state index is 5.09. The molecule has 2 N–H and O–H groups in total. The van der Waals surface area contributed by atoms with Crippen molar-refractivity contribution in [1.29, 1.82) is 0 Å². The summed E-state index contributed by atoms with van der Waals surface area (Å²) in [4.78, 5) is 4.79. The highest BCUT2D eigenvalue weighted by atomic mass is 79.9. The molecular formula is C2H3BrN4. The third kappa shape index (κ3) is 0.894. The monoisotopic (exact) mass is 162 g/mol. The van der Waals surface area contributed by atoms with E-state index in [0.717, 1.165) is 4.79 Å². The average molecular weight is 163 g/mol.